The van der Waals surface area contributed by atoms with Gasteiger partial charge in [-0.1, -0.05) is 0 Å². The van der Waals surface area contributed by atoms with Crippen molar-refractivity contribution in [3.63, 3.8) is 0 Å². The van der Waals surface area contributed by atoms with Crippen molar-refractivity contribution in [2.45, 2.75) is 24.7 Å². The molecule has 0 saturated carbocycles. The van der Waals surface area contributed by atoms with Crippen LogP contribution in [-0.4, -0.2) is 35.9 Å². The Hall–Kier alpha value is -0.610. The second-order valence-corrected chi connectivity index (χ2v) is 2.74. The van der Waals surface area contributed by atoms with Crippen LogP contribution in [-0.2, 0) is 9.53 Å². The first-order chi connectivity index (χ1) is 4.77. The Morgan fingerprint density at radius 2 is 2.50 bits per heavy atom. The number of fused-ring (bicyclic) bond motifs is 1. The van der Waals surface area contributed by atoms with Crippen LogP contribution < -0.4 is 5.32 Å². The molecule has 2 aliphatic heterocycles. The van der Waals surface area contributed by atoms with Crippen LogP contribution in [0.4, 0.5) is 0 Å². The number of ether oxygens (including phenoxy) is 1. The van der Waals surface area contributed by atoms with E-state index in [2.05, 4.69) is 5.32 Å². The first kappa shape index (κ1) is 6.12. The summed E-state index contributed by atoms with van der Waals surface area (Å²) in [5.74, 6) is -0.207. The molecule has 0 bridgehead atoms. The summed E-state index contributed by atoms with van der Waals surface area (Å²) in [5, 5.41) is 12.2. The second kappa shape index (κ2) is 1.93. The number of carbonyl (C=O) groups is 1. The molecular weight excluding hydrogens is 134 g/mol. The maximum atomic E-state index is 10.6. The van der Waals surface area contributed by atoms with E-state index >= 15 is 0 Å². The van der Waals surface area contributed by atoms with E-state index in [1.165, 1.54) is 0 Å². The van der Waals surface area contributed by atoms with E-state index in [-0.39, 0.29) is 18.1 Å². The number of aliphatic hydroxyl groups excluding tert-OH is 1. The van der Waals surface area contributed by atoms with Crippen LogP contribution in [0.15, 0.2) is 0 Å². The molecule has 2 N–H and O–H groups in total. The van der Waals surface area contributed by atoms with Crippen LogP contribution in [0.1, 0.15) is 6.42 Å². The van der Waals surface area contributed by atoms with Gasteiger partial charge >= 0.3 is 5.97 Å². The van der Waals surface area contributed by atoms with Gasteiger partial charge in [0, 0.05) is 6.54 Å². The van der Waals surface area contributed by atoms with Gasteiger partial charge in [-0.05, 0) is 0 Å². The highest BCUT2D eigenvalue weighted by atomic mass is 16.6. The minimum absolute atomic E-state index is 0.0579. The van der Waals surface area contributed by atoms with Gasteiger partial charge in [0.25, 0.3) is 0 Å². The molecular formula is C6H9NO3. The largest absolute Gasteiger partial charge is 0.458 e. The van der Waals surface area contributed by atoms with Gasteiger partial charge in [-0.25, -0.2) is 0 Å². The number of esters is 1. The molecule has 0 aromatic heterocycles. The minimum Gasteiger partial charge on any atom is -0.458 e. The van der Waals surface area contributed by atoms with Crippen LogP contribution in [0.3, 0.4) is 0 Å². The van der Waals surface area contributed by atoms with Crippen molar-refractivity contribution in [1.82, 2.24) is 5.32 Å². The number of nitrogens with one attached hydrogen (secondary N) is 1. The first-order valence-corrected chi connectivity index (χ1v) is 3.38. The molecule has 0 unspecified atom stereocenters. The van der Waals surface area contributed by atoms with Crippen molar-refractivity contribution in [2.24, 2.45) is 0 Å². The Kier molecular flexibility index (Phi) is 1.18. The highest BCUT2D eigenvalue weighted by Crippen LogP contribution is 2.22. The molecule has 0 spiro atoms. The number of hydrogen-bond donors (Lipinski definition) is 2. The summed E-state index contributed by atoms with van der Waals surface area (Å²) in [6.45, 7) is 0.544. The molecule has 2 heterocycles. The van der Waals surface area contributed by atoms with E-state index in [0.717, 1.165) is 0 Å². The van der Waals surface area contributed by atoms with Gasteiger partial charge in [0.15, 0.2) is 0 Å². The summed E-state index contributed by atoms with van der Waals surface area (Å²) in [7, 11) is 0. The fourth-order valence-electron chi connectivity index (χ4n) is 1.50. The lowest BCUT2D eigenvalue weighted by Gasteiger charge is -2.09. The lowest BCUT2D eigenvalue weighted by Crippen LogP contribution is -2.28. The van der Waals surface area contributed by atoms with Crippen LogP contribution in [0.2, 0.25) is 0 Å². The van der Waals surface area contributed by atoms with E-state index < -0.39 is 6.10 Å². The molecule has 0 radical (unpaired) electrons. The third kappa shape index (κ3) is 0.726. The molecule has 0 aliphatic carbocycles. The SMILES string of the molecule is O=C1C[C@H]2NC[C@@H](O)[C@H]2O1. The van der Waals surface area contributed by atoms with E-state index in [4.69, 9.17) is 4.74 Å². The maximum Gasteiger partial charge on any atom is 0.307 e. The maximum absolute atomic E-state index is 10.6. The predicted octanol–water partition coefficient (Wildman–Crippen LogP) is -1.37. The molecule has 10 heavy (non-hydrogen) atoms. The monoisotopic (exact) mass is 143 g/mol. The topological polar surface area (TPSA) is 58.6 Å². The van der Waals surface area contributed by atoms with Crippen LogP contribution in [0.5, 0.6) is 0 Å². The van der Waals surface area contributed by atoms with Crippen molar-refractivity contribution in [3.8, 4) is 0 Å². The lowest BCUT2D eigenvalue weighted by molar-refractivity contribution is -0.144. The van der Waals surface area contributed by atoms with Crippen LogP contribution in [0, 0.1) is 0 Å². The van der Waals surface area contributed by atoms with Crippen molar-refractivity contribution < 1.29 is 14.6 Å². The standard InChI is InChI=1S/C6H9NO3/c8-4-2-7-3-1-5(9)10-6(3)4/h3-4,6-8H,1-2H2/t3-,4-,6+/m1/s1. The average molecular weight is 143 g/mol. The highest BCUT2D eigenvalue weighted by Gasteiger charge is 2.43. The molecule has 2 rings (SSSR count). The van der Waals surface area contributed by atoms with Crippen molar-refractivity contribution in [3.05, 3.63) is 0 Å². The number of hydrogen-bond acceptors (Lipinski definition) is 4. The van der Waals surface area contributed by atoms with Gasteiger partial charge in [0.1, 0.15) is 12.2 Å². The van der Waals surface area contributed by atoms with Gasteiger partial charge in [-0.3, -0.25) is 4.79 Å². The second-order valence-electron chi connectivity index (χ2n) is 2.74. The fourth-order valence-corrected chi connectivity index (χ4v) is 1.50. The Morgan fingerprint density at radius 3 is 3.20 bits per heavy atom. The third-order valence-corrected chi connectivity index (χ3v) is 2.02. The summed E-state index contributed by atoms with van der Waals surface area (Å²) < 4.78 is 4.85. The van der Waals surface area contributed by atoms with Gasteiger partial charge in [0.2, 0.25) is 0 Å². The molecule has 4 heteroatoms. The first-order valence-electron chi connectivity index (χ1n) is 3.38. The zero-order chi connectivity index (χ0) is 7.14. The molecule has 0 aromatic carbocycles. The normalized spacial score (nSPS) is 45.3. The Morgan fingerprint density at radius 1 is 1.70 bits per heavy atom. The summed E-state index contributed by atoms with van der Waals surface area (Å²) >= 11 is 0. The Balaban J connectivity index is 2.12. The van der Waals surface area contributed by atoms with E-state index in [0.29, 0.717) is 13.0 Å². The number of β-amino-alcohol motifs (C(OH)–C–C–N with tert-alkyl or cyclic N) is 1. The van der Waals surface area contributed by atoms with Gasteiger partial charge < -0.3 is 15.2 Å². The highest BCUT2D eigenvalue weighted by molar-refractivity contribution is 5.73. The molecule has 4 nitrogen and oxygen atoms in total. The van der Waals surface area contributed by atoms with Crippen LogP contribution >= 0.6 is 0 Å². The summed E-state index contributed by atoms with van der Waals surface area (Å²) in [6, 6.07) is 0.0579. The Bertz CT molecular complexity index is 170. The summed E-state index contributed by atoms with van der Waals surface area (Å²) in [4.78, 5) is 10.6. The van der Waals surface area contributed by atoms with Crippen molar-refractivity contribution in [1.29, 1.82) is 0 Å². The van der Waals surface area contributed by atoms with Gasteiger partial charge in [0.05, 0.1) is 12.5 Å². The molecule has 0 amide bonds. The van der Waals surface area contributed by atoms with Crippen LogP contribution in [0.25, 0.3) is 0 Å². The summed E-state index contributed by atoms with van der Waals surface area (Å²) in [6.07, 6.45) is -0.384. The van der Waals surface area contributed by atoms with E-state index in [1.54, 1.807) is 0 Å². The number of aliphatic hydroxyl groups is 1. The predicted molar refractivity (Wildman–Crippen MR) is 32.3 cm³/mol. The zero-order valence-electron chi connectivity index (χ0n) is 5.41. The Labute approximate surface area is 58.2 Å². The molecule has 3 atom stereocenters. The zero-order valence-corrected chi connectivity index (χ0v) is 5.41. The van der Waals surface area contributed by atoms with E-state index in [1.807, 2.05) is 0 Å². The van der Waals surface area contributed by atoms with Crippen molar-refractivity contribution in [2.75, 3.05) is 6.54 Å². The lowest BCUT2D eigenvalue weighted by atomic mass is 10.1. The minimum atomic E-state index is -0.503. The molecule has 2 fully saturated rings. The molecule has 2 saturated heterocycles. The fraction of sp³-hybridized carbons (Fsp3) is 0.833. The molecule has 56 valence electrons. The van der Waals surface area contributed by atoms with E-state index in [9.17, 15) is 9.90 Å². The molecule has 0 aromatic rings. The van der Waals surface area contributed by atoms with Crippen molar-refractivity contribution >= 4 is 5.97 Å². The number of rotatable bonds is 0. The quantitative estimate of drug-likeness (QED) is 0.411. The van der Waals surface area contributed by atoms with Gasteiger partial charge in [-0.15, -0.1) is 0 Å². The molecule has 2 aliphatic rings. The van der Waals surface area contributed by atoms with Gasteiger partial charge in [-0.2, -0.15) is 0 Å². The summed E-state index contributed by atoms with van der Waals surface area (Å²) in [5.41, 5.74) is 0. The third-order valence-electron chi connectivity index (χ3n) is 2.02. The number of carbonyl (C=O) groups excluding carboxylic acids is 1. The average Bonchev–Trinajstić information content (AvgIpc) is 2.35. The smallest absolute Gasteiger partial charge is 0.307 e.